The molecule has 5 rings (SSSR count). The van der Waals surface area contributed by atoms with E-state index >= 15 is 0 Å². The van der Waals surface area contributed by atoms with E-state index in [1.807, 2.05) is 29.0 Å². The number of imidazole rings is 1. The Morgan fingerprint density at radius 1 is 0.870 bits per heavy atom. The molecule has 1 aromatic heterocycles. The fraction of sp³-hybridized carbons (Fsp3) is 0.405. The maximum Gasteiger partial charge on any atom is 0.161 e. The normalized spacial score (nSPS) is 14.2. The van der Waals surface area contributed by atoms with E-state index in [1.165, 1.54) is 16.7 Å². The lowest BCUT2D eigenvalue weighted by atomic mass is 9.92. The van der Waals surface area contributed by atoms with Crippen LogP contribution in [0.1, 0.15) is 47.9 Å². The predicted octanol–water partition coefficient (Wildman–Crippen LogP) is 7.43. The number of aromatic nitrogens is 2. The molecular weight excluding hydrogens is 596 g/mol. The number of benzene rings is 3. The van der Waals surface area contributed by atoms with Gasteiger partial charge in [0.2, 0.25) is 0 Å². The van der Waals surface area contributed by atoms with E-state index in [0.29, 0.717) is 18.1 Å². The van der Waals surface area contributed by atoms with Gasteiger partial charge in [0.25, 0.3) is 0 Å². The fourth-order valence-corrected chi connectivity index (χ4v) is 7.16. The van der Waals surface area contributed by atoms with Crippen molar-refractivity contribution in [2.45, 2.75) is 61.8 Å². The van der Waals surface area contributed by atoms with Crippen LogP contribution in [0.5, 0.6) is 23.0 Å². The third kappa shape index (κ3) is 8.17. The SMILES string of the molecule is COc1ccc(C(C#N)(CCCCCN2CCc3cc(OC)c(OCCn4ccnc4)cc3C2)Sc2ccc(C)cc2)cc1OC. The van der Waals surface area contributed by atoms with Crippen LogP contribution in [0.2, 0.25) is 0 Å². The summed E-state index contributed by atoms with van der Waals surface area (Å²) in [5.74, 6) is 2.88. The van der Waals surface area contributed by atoms with E-state index in [1.54, 1.807) is 45.6 Å². The summed E-state index contributed by atoms with van der Waals surface area (Å²) in [4.78, 5) is 7.70. The van der Waals surface area contributed by atoms with Crippen molar-refractivity contribution < 1.29 is 18.9 Å². The van der Waals surface area contributed by atoms with Gasteiger partial charge in [-0.2, -0.15) is 5.26 Å². The highest BCUT2D eigenvalue weighted by molar-refractivity contribution is 8.00. The lowest BCUT2D eigenvalue weighted by Crippen LogP contribution is -2.31. The second-order valence-electron chi connectivity index (χ2n) is 11.7. The minimum Gasteiger partial charge on any atom is -0.493 e. The summed E-state index contributed by atoms with van der Waals surface area (Å²) in [6.07, 6.45) is 10.3. The van der Waals surface area contributed by atoms with Crippen molar-refractivity contribution >= 4 is 11.8 Å². The smallest absolute Gasteiger partial charge is 0.161 e. The Bertz CT molecular complexity index is 1600. The van der Waals surface area contributed by atoms with E-state index in [2.05, 4.69) is 59.3 Å². The number of hydrogen-bond donors (Lipinski definition) is 0. The van der Waals surface area contributed by atoms with Crippen molar-refractivity contribution in [1.29, 1.82) is 5.26 Å². The minimum atomic E-state index is -0.744. The lowest BCUT2D eigenvalue weighted by Gasteiger charge is -2.30. The molecule has 0 aliphatic carbocycles. The van der Waals surface area contributed by atoms with E-state index in [4.69, 9.17) is 18.9 Å². The first kappa shape index (κ1) is 33.2. The highest BCUT2D eigenvalue weighted by Gasteiger charge is 2.34. The summed E-state index contributed by atoms with van der Waals surface area (Å²) in [5, 5.41) is 10.7. The maximum atomic E-state index is 10.7. The van der Waals surface area contributed by atoms with Crippen LogP contribution >= 0.6 is 11.8 Å². The number of hydrogen-bond acceptors (Lipinski definition) is 8. The molecule has 0 spiro atoms. The summed E-state index contributed by atoms with van der Waals surface area (Å²) in [5.41, 5.74) is 4.77. The molecule has 0 saturated carbocycles. The summed E-state index contributed by atoms with van der Waals surface area (Å²) >= 11 is 1.62. The average molecular weight is 641 g/mol. The summed E-state index contributed by atoms with van der Waals surface area (Å²) in [6.45, 7) is 6.29. The Morgan fingerprint density at radius 3 is 2.35 bits per heavy atom. The largest absolute Gasteiger partial charge is 0.493 e. The molecule has 0 radical (unpaired) electrons. The van der Waals surface area contributed by atoms with Crippen LogP contribution in [0.4, 0.5) is 0 Å². The monoisotopic (exact) mass is 640 g/mol. The number of unbranched alkanes of at least 4 members (excludes halogenated alkanes) is 2. The van der Waals surface area contributed by atoms with Gasteiger partial charge in [0.15, 0.2) is 23.0 Å². The Balaban J connectivity index is 1.19. The summed E-state index contributed by atoms with van der Waals surface area (Å²) in [6, 6.07) is 21.3. The van der Waals surface area contributed by atoms with E-state index in [9.17, 15) is 5.26 Å². The topological polar surface area (TPSA) is 81.8 Å². The standard InChI is InChI=1S/C37H44N4O4S/c1-28-8-11-32(12-9-28)46-37(26-38,31-10-13-33(42-2)35(24-31)44-4)15-6-5-7-17-40-18-14-29-22-34(43-3)36(23-30(29)25-40)45-21-20-41-19-16-39-27-41/h8-13,16,19,22-24,27H,5-7,14-15,17-18,20-21,25H2,1-4H3. The molecule has 0 saturated heterocycles. The molecular formula is C37H44N4O4S. The molecule has 0 N–H and O–H groups in total. The molecule has 1 unspecified atom stereocenters. The third-order valence-corrected chi connectivity index (χ3v) is 9.98. The molecule has 2 heterocycles. The van der Waals surface area contributed by atoms with Crippen LogP contribution in [0.15, 0.2) is 78.2 Å². The zero-order valence-electron chi connectivity index (χ0n) is 27.3. The minimum absolute atomic E-state index is 0.547. The van der Waals surface area contributed by atoms with Crippen molar-refractivity contribution in [1.82, 2.24) is 14.5 Å². The van der Waals surface area contributed by atoms with Crippen molar-refractivity contribution in [3.8, 4) is 29.1 Å². The molecule has 242 valence electrons. The number of fused-ring (bicyclic) bond motifs is 1. The molecule has 0 bridgehead atoms. The summed E-state index contributed by atoms with van der Waals surface area (Å²) < 4.78 is 24.1. The van der Waals surface area contributed by atoms with Crippen LogP contribution in [0, 0.1) is 18.3 Å². The Kier molecular flexibility index (Phi) is 11.5. The van der Waals surface area contributed by atoms with Crippen molar-refractivity contribution in [2.24, 2.45) is 0 Å². The van der Waals surface area contributed by atoms with Crippen molar-refractivity contribution in [3.63, 3.8) is 0 Å². The zero-order chi connectivity index (χ0) is 32.4. The zero-order valence-corrected chi connectivity index (χ0v) is 28.1. The first-order valence-electron chi connectivity index (χ1n) is 15.9. The second kappa shape index (κ2) is 15.9. The first-order chi connectivity index (χ1) is 22.5. The Labute approximate surface area is 277 Å². The van der Waals surface area contributed by atoms with Gasteiger partial charge in [-0.3, -0.25) is 4.90 Å². The molecule has 1 atom stereocenters. The molecule has 46 heavy (non-hydrogen) atoms. The van der Waals surface area contributed by atoms with Crippen LogP contribution in [0.3, 0.4) is 0 Å². The van der Waals surface area contributed by atoms with Crippen LogP contribution < -0.4 is 18.9 Å². The van der Waals surface area contributed by atoms with Gasteiger partial charge in [0, 0.05) is 30.4 Å². The highest BCUT2D eigenvalue weighted by atomic mass is 32.2. The molecule has 0 amide bonds. The van der Waals surface area contributed by atoms with Crippen LogP contribution in [0.25, 0.3) is 0 Å². The van der Waals surface area contributed by atoms with E-state index in [0.717, 1.165) is 80.2 Å². The van der Waals surface area contributed by atoms with Crippen molar-refractivity contribution in [3.05, 3.63) is 95.6 Å². The quantitative estimate of drug-likeness (QED) is 0.0924. The van der Waals surface area contributed by atoms with E-state index in [-0.39, 0.29) is 0 Å². The van der Waals surface area contributed by atoms with Gasteiger partial charge in [-0.25, -0.2) is 4.98 Å². The molecule has 8 nitrogen and oxygen atoms in total. The average Bonchev–Trinajstić information content (AvgIpc) is 3.61. The number of aryl methyl sites for hydroxylation is 1. The first-order valence-corrected chi connectivity index (χ1v) is 16.7. The van der Waals surface area contributed by atoms with Gasteiger partial charge in [0.1, 0.15) is 11.4 Å². The molecule has 4 aromatic rings. The van der Waals surface area contributed by atoms with Gasteiger partial charge in [-0.15, -0.1) is 0 Å². The van der Waals surface area contributed by atoms with Crippen LogP contribution in [-0.4, -0.2) is 55.5 Å². The molecule has 1 aliphatic rings. The lowest BCUT2D eigenvalue weighted by molar-refractivity contribution is 0.244. The van der Waals surface area contributed by atoms with Gasteiger partial charge < -0.3 is 23.5 Å². The number of rotatable bonds is 16. The number of thioether (sulfide) groups is 1. The van der Waals surface area contributed by atoms with Gasteiger partial charge in [-0.05, 0) is 85.8 Å². The van der Waals surface area contributed by atoms with Gasteiger partial charge in [-0.1, -0.05) is 48.4 Å². The molecule has 1 aliphatic heterocycles. The Hall–Kier alpha value is -4.13. The number of nitriles is 1. The molecule has 3 aromatic carbocycles. The number of methoxy groups -OCH3 is 3. The van der Waals surface area contributed by atoms with Gasteiger partial charge >= 0.3 is 0 Å². The third-order valence-electron chi connectivity index (χ3n) is 8.59. The highest BCUT2D eigenvalue weighted by Crippen LogP contribution is 2.47. The predicted molar refractivity (Wildman–Crippen MR) is 182 cm³/mol. The molecule has 9 heteroatoms. The fourth-order valence-electron chi connectivity index (χ4n) is 5.94. The second-order valence-corrected chi connectivity index (χ2v) is 13.1. The van der Waals surface area contributed by atoms with E-state index < -0.39 is 4.75 Å². The number of ether oxygens (including phenoxy) is 4. The summed E-state index contributed by atoms with van der Waals surface area (Å²) in [7, 11) is 4.96. The van der Waals surface area contributed by atoms with Crippen LogP contribution in [-0.2, 0) is 24.3 Å². The number of nitrogens with zero attached hydrogens (tertiary/aromatic N) is 4. The van der Waals surface area contributed by atoms with Crippen molar-refractivity contribution in [2.75, 3.05) is 41.0 Å². The Morgan fingerprint density at radius 2 is 1.63 bits per heavy atom. The van der Waals surface area contributed by atoms with Gasteiger partial charge in [0.05, 0.1) is 40.3 Å². The maximum absolute atomic E-state index is 10.7. The molecule has 0 fully saturated rings.